The average Bonchev–Trinajstić information content (AvgIpc) is 3.16. The minimum absolute atomic E-state index is 0.0435. The number of aromatic nitrogens is 1. The first kappa shape index (κ1) is 14.9. The predicted molar refractivity (Wildman–Crippen MR) is 92.4 cm³/mol. The molecule has 6 heteroatoms. The van der Waals surface area contributed by atoms with E-state index in [0.717, 1.165) is 5.56 Å². The maximum absolute atomic E-state index is 12.4. The van der Waals surface area contributed by atoms with E-state index in [-0.39, 0.29) is 5.56 Å². The zero-order valence-corrected chi connectivity index (χ0v) is 12.9. The van der Waals surface area contributed by atoms with Crippen LogP contribution in [-0.2, 0) is 0 Å². The fourth-order valence-corrected chi connectivity index (χ4v) is 2.49. The molecule has 2 aromatic carbocycles. The second-order valence-corrected chi connectivity index (χ2v) is 5.38. The van der Waals surface area contributed by atoms with Gasteiger partial charge in [0, 0.05) is 16.6 Å². The van der Waals surface area contributed by atoms with Gasteiger partial charge in [0.15, 0.2) is 12.2 Å². The van der Waals surface area contributed by atoms with Crippen LogP contribution in [0.4, 0.5) is 5.69 Å². The van der Waals surface area contributed by atoms with E-state index in [1.54, 1.807) is 48.7 Å². The quantitative estimate of drug-likeness (QED) is 0.578. The first-order valence-electron chi connectivity index (χ1n) is 7.54. The van der Waals surface area contributed by atoms with Crippen LogP contribution >= 0.6 is 0 Å². The number of benzene rings is 2. The summed E-state index contributed by atoms with van der Waals surface area (Å²) < 4.78 is 10.4. The monoisotopic (exact) mass is 332 g/mol. The minimum Gasteiger partial charge on any atom is -0.444 e. The number of amides is 1. The molecule has 0 unspecified atom stereocenters. The third-order valence-corrected chi connectivity index (χ3v) is 3.75. The van der Waals surface area contributed by atoms with Gasteiger partial charge in [-0.25, -0.2) is 9.78 Å². The highest BCUT2D eigenvalue weighted by Crippen LogP contribution is 2.21. The summed E-state index contributed by atoms with van der Waals surface area (Å²) in [6.07, 6.45) is 2.96. The molecule has 4 rings (SSSR count). The number of carbonyl (C=O) groups is 1. The summed E-state index contributed by atoms with van der Waals surface area (Å²) in [5.74, 6) is 0.111. The van der Waals surface area contributed by atoms with Crippen molar-refractivity contribution >= 4 is 22.6 Å². The molecule has 1 N–H and O–H groups in total. The lowest BCUT2D eigenvalue weighted by atomic mass is 10.1. The van der Waals surface area contributed by atoms with Crippen LogP contribution in [0.15, 0.2) is 80.8 Å². The molecular weight excluding hydrogens is 320 g/mol. The molecule has 122 valence electrons. The maximum atomic E-state index is 12.4. The Balaban J connectivity index is 1.60. The van der Waals surface area contributed by atoms with Crippen LogP contribution in [0.2, 0.25) is 0 Å². The minimum atomic E-state index is -0.672. The summed E-state index contributed by atoms with van der Waals surface area (Å²) >= 11 is 0. The smallest absolute Gasteiger partial charge is 0.349 e. The molecule has 4 aromatic rings. The van der Waals surface area contributed by atoms with Gasteiger partial charge in [0.05, 0.1) is 6.20 Å². The Hall–Kier alpha value is -3.67. The van der Waals surface area contributed by atoms with Crippen molar-refractivity contribution in [2.75, 3.05) is 5.32 Å². The lowest BCUT2D eigenvalue weighted by Gasteiger charge is -2.06. The molecule has 0 atom stereocenters. The maximum Gasteiger partial charge on any atom is 0.349 e. The summed E-state index contributed by atoms with van der Waals surface area (Å²) in [4.78, 5) is 28.3. The highest BCUT2D eigenvalue weighted by molar-refractivity contribution is 6.05. The molecule has 1 amide bonds. The molecule has 0 spiro atoms. The van der Waals surface area contributed by atoms with E-state index in [1.165, 1.54) is 12.5 Å². The van der Waals surface area contributed by atoms with Gasteiger partial charge in [0.25, 0.3) is 5.91 Å². The van der Waals surface area contributed by atoms with Crippen LogP contribution in [0, 0.1) is 0 Å². The standard InChI is InChI=1S/C19H12N2O4/c22-18(15-9-13-3-1-2-4-16(13)25-19(15)23)21-14-7-5-12(6-8-14)17-10-20-11-24-17/h1-11H,(H,21,22). The molecule has 0 bridgehead atoms. The zero-order chi connectivity index (χ0) is 17.2. The Morgan fingerprint density at radius 2 is 1.84 bits per heavy atom. The van der Waals surface area contributed by atoms with Crippen LogP contribution in [0.5, 0.6) is 0 Å². The second kappa shape index (κ2) is 6.09. The number of nitrogens with one attached hydrogen (secondary N) is 1. The highest BCUT2D eigenvalue weighted by Gasteiger charge is 2.14. The number of para-hydroxylation sites is 1. The summed E-state index contributed by atoms with van der Waals surface area (Å²) in [6.45, 7) is 0. The summed E-state index contributed by atoms with van der Waals surface area (Å²) in [5.41, 5.74) is 1.12. The van der Waals surface area contributed by atoms with Gasteiger partial charge in [-0.2, -0.15) is 0 Å². The Morgan fingerprint density at radius 3 is 2.60 bits per heavy atom. The molecule has 2 aromatic heterocycles. The SMILES string of the molecule is O=C(Nc1ccc(-c2cnco2)cc1)c1cc2ccccc2oc1=O. The first-order valence-corrected chi connectivity index (χ1v) is 7.54. The number of nitrogens with zero attached hydrogens (tertiary/aromatic N) is 1. The molecule has 0 aliphatic rings. The van der Waals surface area contributed by atoms with Gasteiger partial charge in [0.1, 0.15) is 11.1 Å². The lowest BCUT2D eigenvalue weighted by molar-refractivity contribution is 0.102. The van der Waals surface area contributed by atoms with Crippen molar-refractivity contribution in [3.05, 3.63) is 83.2 Å². The molecule has 0 aliphatic carbocycles. The average molecular weight is 332 g/mol. The van der Waals surface area contributed by atoms with Crippen LogP contribution in [-0.4, -0.2) is 10.9 Å². The van der Waals surface area contributed by atoms with E-state index in [9.17, 15) is 9.59 Å². The van der Waals surface area contributed by atoms with Crippen molar-refractivity contribution in [3.8, 4) is 11.3 Å². The number of hydrogen-bond acceptors (Lipinski definition) is 5. The Bertz CT molecular complexity index is 1100. The van der Waals surface area contributed by atoms with E-state index in [4.69, 9.17) is 8.83 Å². The number of anilines is 1. The number of hydrogen-bond donors (Lipinski definition) is 1. The molecule has 2 heterocycles. The molecule has 0 radical (unpaired) electrons. The van der Waals surface area contributed by atoms with Crippen molar-refractivity contribution in [1.82, 2.24) is 4.98 Å². The third-order valence-electron chi connectivity index (χ3n) is 3.75. The molecule has 0 saturated carbocycles. The van der Waals surface area contributed by atoms with Crippen molar-refractivity contribution < 1.29 is 13.6 Å². The topological polar surface area (TPSA) is 85.3 Å². The van der Waals surface area contributed by atoms with Gasteiger partial charge in [-0.3, -0.25) is 4.79 Å². The van der Waals surface area contributed by atoms with E-state index in [1.807, 2.05) is 6.07 Å². The van der Waals surface area contributed by atoms with Crippen molar-refractivity contribution in [2.45, 2.75) is 0 Å². The summed E-state index contributed by atoms with van der Waals surface area (Å²) in [6, 6.07) is 15.6. The number of fused-ring (bicyclic) bond motifs is 1. The van der Waals surface area contributed by atoms with Gasteiger partial charge < -0.3 is 14.2 Å². The van der Waals surface area contributed by atoms with Gasteiger partial charge in [-0.15, -0.1) is 0 Å². The van der Waals surface area contributed by atoms with E-state index < -0.39 is 11.5 Å². The molecule has 0 aliphatic heterocycles. The predicted octanol–water partition coefficient (Wildman–Crippen LogP) is 3.70. The van der Waals surface area contributed by atoms with Gasteiger partial charge in [-0.05, 0) is 36.4 Å². The molecular formula is C19H12N2O4. The Labute approximate surface area is 141 Å². The first-order chi connectivity index (χ1) is 12.2. The highest BCUT2D eigenvalue weighted by atomic mass is 16.4. The van der Waals surface area contributed by atoms with Crippen molar-refractivity contribution in [1.29, 1.82) is 0 Å². The van der Waals surface area contributed by atoms with Crippen LogP contribution < -0.4 is 10.9 Å². The van der Waals surface area contributed by atoms with Crippen LogP contribution in [0.3, 0.4) is 0 Å². The fraction of sp³-hybridized carbons (Fsp3) is 0. The van der Waals surface area contributed by atoms with E-state index in [2.05, 4.69) is 10.3 Å². The number of carbonyl (C=O) groups excluding carboxylic acids is 1. The normalized spacial score (nSPS) is 10.7. The second-order valence-electron chi connectivity index (χ2n) is 5.38. The van der Waals surface area contributed by atoms with E-state index in [0.29, 0.717) is 22.4 Å². The third kappa shape index (κ3) is 2.92. The lowest BCUT2D eigenvalue weighted by Crippen LogP contribution is -2.20. The van der Waals surface area contributed by atoms with Crippen molar-refractivity contribution in [3.63, 3.8) is 0 Å². The molecule has 6 nitrogen and oxygen atoms in total. The molecule has 0 saturated heterocycles. The van der Waals surface area contributed by atoms with Crippen LogP contribution in [0.1, 0.15) is 10.4 Å². The van der Waals surface area contributed by atoms with Gasteiger partial charge >= 0.3 is 5.63 Å². The Morgan fingerprint density at radius 1 is 1.04 bits per heavy atom. The van der Waals surface area contributed by atoms with Gasteiger partial charge in [0.2, 0.25) is 0 Å². The largest absolute Gasteiger partial charge is 0.444 e. The number of oxazole rings is 1. The fourth-order valence-electron chi connectivity index (χ4n) is 2.49. The van der Waals surface area contributed by atoms with E-state index >= 15 is 0 Å². The summed E-state index contributed by atoms with van der Waals surface area (Å²) in [7, 11) is 0. The Kier molecular flexibility index (Phi) is 3.63. The molecule has 25 heavy (non-hydrogen) atoms. The van der Waals surface area contributed by atoms with Crippen LogP contribution in [0.25, 0.3) is 22.3 Å². The van der Waals surface area contributed by atoms with Crippen molar-refractivity contribution in [2.24, 2.45) is 0 Å². The zero-order valence-electron chi connectivity index (χ0n) is 12.9. The molecule has 0 fully saturated rings. The van der Waals surface area contributed by atoms with Gasteiger partial charge in [-0.1, -0.05) is 18.2 Å². The number of rotatable bonds is 3. The summed E-state index contributed by atoms with van der Waals surface area (Å²) in [5, 5.41) is 3.38.